The zero-order valence-corrected chi connectivity index (χ0v) is 22.3. The Labute approximate surface area is 238 Å². The number of hydrogen-bond donors (Lipinski definition) is 3. The first-order valence-corrected chi connectivity index (χ1v) is 12.8. The Morgan fingerprint density at radius 2 is 1.38 bits per heavy atom. The molecule has 0 spiro atoms. The van der Waals surface area contributed by atoms with Crippen molar-refractivity contribution in [3.05, 3.63) is 89.5 Å². The minimum Gasteiger partial charge on any atom is -0.494 e. The molecule has 0 amide bonds. The molecule has 224 valence electrons. The van der Waals surface area contributed by atoms with Crippen molar-refractivity contribution in [2.24, 2.45) is 0 Å². The van der Waals surface area contributed by atoms with Crippen molar-refractivity contribution in [1.82, 2.24) is 0 Å². The Bertz CT molecular complexity index is 1380. The summed E-state index contributed by atoms with van der Waals surface area (Å²) in [7, 11) is 0. The first-order chi connectivity index (χ1) is 19.7. The lowest BCUT2D eigenvalue weighted by Gasteiger charge is -2.19. The minimum atomic E-state index is -5.61. The number of hydrogen-bond acceptors (Lipinski definition) is 6. The van der Waals surface area contributed by atoms with E-state index in [0.29, 0.717) is 41.8 Å². The summed E-state index contributed by atoms with van der Waals surface area (Å²) in [5.41, 5.74) is 15.0. The molecule has 0 saturated carbocycles. The number of carboxylic acids is 1. The average Bonchev–Trinajstić information content (AvgIpc) is 2.90. The van der Waals surface area contributed by atoms with Gasteiger partial charge < -0.3 is 26.0 Å². The summed E-state index contributed by atoms with van der Waals surface area (Å²) in [4.78, 5) is 23.9. The normalized spacial score (nSPS) is 12.2. The average molecular weight is 593 g/mol. The number of anilines is 2. The van der Waals surface area contributed by atoms with Crippen LogP contribution in [-0.4, -0.2) is 35.8 Å². The van der Waals surface area contributed by atoms with Gasteiger partial charge in [-0.3, -0.25) is 0 Å². The van der Waals surface area contributed by atoms with Crippen LogP contribution in [0.3, 0.4) is 0 Å². The molecule has 12 heteroatoms. The maximum atomic E-state index is 13.0. The van der Waals surface area contributed by atoms with E-state index in [1.807, 2.05) is 12.1 Å². The molecule has 0 heterocycles. The number of carbonyl (C=O) groups excluding carboxylic acids is 1. The Hall–Kier alpha value is -4.61. The van der Waals surface area contributed by atoms with Crippen molar-refractivity contribution in [2.45, 2.75) is 44.2 Å². The third kappa shape index (κ3) is 9.50. The second-order valence-corrected chi connectivity index (χ2v) is 9.46. The van der Waals surface area contributed by atoms with Crippen molar-refractivity contribution in [2.75, 3.05) is 18.1 Å². The number of nitrogens with two attached hydrogens (primary N) is 2. The van der Waals surface area contributed by atoms with E-state index in [4.69, 9.17) is 20.9 Å². The fourth-order valence-electron chi connectivity index (χ4n) is 4.04. The lowest BCUT2D eigenvalue weighted by molar-refractivity contribution is -0.284. The SMILES string of the molecule is Nc1cc(N)cc(CCC/C(=C\C(=O)O)c2ccc(OC(=O)c3ccc(OCCCC(F)(F)C(F)(F)F)cc3)cc2)c1. The molecule has 0 bridgehead atoms. The first-order valence-electron chi connectivity index (χ1n) is 12.8. The van der Waals surface area contributed by atoms with Gasteiger partial charge >= 0.3 is 24.0 Å². The summed E-state index contributed by atoms with van der Waals surface area (Å²) in [5.74, 6) is -6.20. The molecule has 3 aromatic rings. The van der Waals surface area contributed by atoms with Gasteiger partial charge in [0.15, 0.2) is 0 Å². The molecular weight excluding hydrogens is 563 g/mol. The van der Waals surface area contributed by atoms with Gasteiger partial charge in [0.2, 0.25) is 0 Å². The van der Waals surface area contributed by atoms with Crippen molar-refractivity contribution in [1.29, 1.82) is 0 Å². The third-order valence-corrected chi connectivity index (χ3v) is 6.09. The van der Waals surface area contributed by atoms with Gasteiger partial charge in [0.05, 0.1) is 12.2 Å². The highest BCUT2D eigenvalue weighted by Gasteiger charge is 2.56. The van der Waals surface area contributed by atoms with Crippen LogP contribution in [0.2, 0.25) is 0 Å². The van der Waals surface area contributed by atoms with Crippen molar-refractivity contribution < 1.29 is 46.1 Å². The molecule has 0 saturated heterocycles. The lowest BCUT2D eigenvalue weighted by atomic mass is 9.97. The van der Waals surface area contributed by atoms with Gasteiger partial charge in [0.25, 0.3) is 0 Å². The van der Waals surface area contributed by atoms with Crippen LogP contribution in [-0.2, 0) is 11.2 Å². The van der Waals surface area contributed by atoms with Gasteiger partial charge in [-0.25, -0.2) is 9.59 Å². The fourth-order valence-corrected chi connectivity index (χ4v) is 4.04. The number of carbonyl (C=O) groups is 2. The molecule has 0 unspecified atom stereocenters. The fraction of sp³-hybridized carbons (Fsp3) is 0.267. The van der Waals surface area contributed by atoms with E-state index in [-0.39, 0.29) is 23.7 Å². The molecule has 0 aliphatic heterocycles. The number of allylic oxidation sites excluding steroid dienone is 1. The van der Waals surface area contributed by atoms with Crippen LogP contribution in [0.5, 0.6) is 11.5 Å². The van der Waals surface area contributed by atoms with E-state index in [1.54, 1.807) is 18.2 Å². The lowest BCUT2D eigenvalue weighted by Crippen LogP contribution is -2.36. The molecule has 3 rings (SSSR count). The molecule has 0 aliphatic rings. The molecule has 0 aliphatic carbocycles. The van der Waals surface area contributed by atoms with Crippen LogP contribution in [0, 0.1) is 0 Å². The van der Waals surface area contributed by atoms with E-state index >= 15 is 0 Å². The Morgan fingerprint density at radius 1 is 0.810 bits per heavy atom. The topological polar surface area (TPSA) is 125 Å². The van der Waals surface area contributed by atoms with Crippen LogP contribution >= 0.6 is 0 Å². The Kier molecular flexibility index (Phi) is 10.5. The predicted molar refractivity (Wildman–Crippen MR) is 147 cm³/mol. The van der Waals surface area contributed by atoms with Crippen LogP contribution in [0.25, 0.3) is 5.57 Å². The van der Waals surface area contributed by atoms with Gasteiger partial charge in [0, 0.05) is 23.9 Å². The quantitative estimate of drug-likeness (QED) is 0.0492. The maximum Gasteiger partial charge on any atom is 0.453 e. The summed E-state index contributed by atoms with van der Waals surface area (Å²) in [6, 6.07) is 17.0. The van der Waals surface area contributed by atoms with E-state index in [9.17, 15) is 36.6 Å². The smallest absolute Gasteiger partial charge is 0.453 e. The second kappa shape index (κ2) is 13.8. The molecule has 0 fully saturated rings. The number of aryl methyl sites for hydroxylation is 1. The summed E-state index contributed by atoms with van der Waals surface area (Å²) >= 11 is 0. The van der Waals surface area contributed by atoms with Crippen molar-refractivity contribution in [3.8, 4) is 11.5 Å². The molecule has 7 nitrogen and oxygen atoms in total. The van der Waals surface area contributed by atoms with Gasteiger partial charge in [-0.15, -0.1) is 0 Å². The van der Waals surface area contributed by atoms with Crippen molar-refractivity contribution >= 4 is 28.9 Å². The van der Waals surface area contributed by atoms with E-state index in [2.05, 4.69) is 0 Å². The number of aliphatic carboxylic acids is 1. The van der Waals surface area contributed by atoms with Crippen LogP contribution < -0.4 is 20.9 Å². The zero-order chi connectivity index (χ0) is 30.9. The Balaban J connectivity index is 1.53. The highest BCUT2D eigenvalue weighted by Crippen LogP contribution is 2.38. The number of benzene rings is 3. The van der Waals surface area contributed by atoms with Crippen molar-refractivity contribution in [3.63, 3.8) is 0 Å². The second-order valence-electron chi connectivity index (χ2n) is 9.46. The Morgan fingerprint density at radius 3 is 1.95 bits per heavy atom. The first kappa shape index (κ1) is 31.9. The van der Waals surface area contributed by atoms with Crippen LogP contribution in [0.1, 0.15) is 47.2 Å². The highest BCUT2D eigenvalue weighted by molar-refractivity contribution is 5.92. The summed E-state index contributed by atoms with van der Waals surface area (Å²) in [6.07, 6.45) is -4.67. The molecule has 0 aromatic heterocycles. The maximum absolute atomic E-state index is 13.0. The number of nitrogen functional groups attached to an aromatic ring is 2. The van der Waals surface area contributed by atoms with Gasteiger partial charge in [0.1, 0.15) is 11.5 Å². The van der Waals surface area contributed by atoms with Gasteiger partial charge in [-0.05, 0) is 97.0 Å². The number of rotatable bonds is 13. The third-order valence-electron chi connectivity index (χ3n) is 6.09. The number of halogens is 5. The predicted octanol–water partition coefficient (Wildman–Crippen LogP) is 6.92. The summed E-state index contributed by atoms with van der Waals surface area (Å²) in [6.45, 7) is -0.365. The molecule has 5 N–H and O–H groups in total. The molecule has 3 aromatic carbocycles. The minimum absolute atomic E-state index is 0.142. The molecule has 0 atom stereocenters. The molecule has 42 heavy (non-hydrogen) atoms. The van der Waals surface area contributed by atoms with E-state index in [0.717, 1.165) is 11.6 Å². The number of esters is 1. The van der Waals surface area contributed by atoms with Crippen LogP contribution in [0.15, 0.2) is 72.8 Å². The monoisotopic (exact) mass is 592 g/mol. The molecular formula is C30H29F5N2O5. The van der Waals surface area contributed by atoms with Crippen LogP contribution in [0.4, 0.5) is 33.3 Å². The van der Waals surface area contributed by atoms with Gasteiger partial charge in [-0.2, -0.15) is 22.0 Å². The summed E-state index contributed by atoms with van der Waals surface area (Å²) in [5, 5.41) is 9.32. The number of alkyl halides is 5. The largest absolute Gasteiger partial charge is 0.494 e. The number of ether oxygens (including phenoxy) is 2. The zero-order valence-electron chi connectivity index (χ0n) is 22.3. The number of carboxylic acid groups (broad SMARTS) is 1. The standard InChI is InChI=1S/C30H29F5N2O5/c31-29(32,30(33,34)35)13-2-14-41-25-9-7-21(8-10-25)28(40)42-26-11-5-20(6-12-26)22(17-27(38)39)4-1-3-19-15-23(36)18-24(37)16-19/h5-12,15-18H,1-4,13-14,36-37H2,(H,38,39)/b22-17+. The van der Waals surface area contributed by atoms with E-state index in [1.165, 1.54) is 36.4 Å². The highest BCUT2D eigenvalue weighted by atomic mass is 19.4. The summed E-state index contributed by atoms with van der Waals surface area (Å²) < 4.78 is 73.1. The van der Waals surface area contributed by atoms with E-state index < -0.39 is 36.9 Å². The van der Waals surface area contributed by atoms with Gasteiger partial charge in [-0.1, -0.05) is 12.1 Å². The molecule has 0 radical (unpaired) electrons.